The Morgan fingerprint density at radius 3 is 2.73 bits per heavy atom. The van der Waals surface area contributed by atoms with Crippen molar-refractivity contribution in [2.24, 2.45) is 0 Å². The van der Waals surface area contributed by atoms with Crippen LogP contribution in [-0.2, 0) is 16.1 Å². The number of carbonyl (C=O) groups excluding carboxylic acids is 1. The largest absolute Gasteiger partial charge is 0.480 e. The molecular formula is C15H15FN2O4. The Bertz CT molecular complexity index is 643. The third-order valence-electron chi connectivity index (χ3n) is 2.90. The van der Waals surface area contributed by atoms with Crippen molar-refractivity contribution in [2.45, 2.75) is 19.0 Å². The lowest BCUT2D eigenvalue weighted by atomic mass is 10.2. The zero-order chi connectivity index (χ0) is 15.9. The number of amides is 1. The number of furan rings is 1. The number of aliphatic carboxylic acids is 1. The van der Waals surface area contributed by atoms with Crippen molar-refractivity contribution in [3.63, 3.8) is 0 Å². The molecule has 0 aliphatic rings. The number of carbonyl (C=O) groups is 2. The highest BCUT2D eigenvalue weighted by molar-refractivity contribution is 5.94. The summed E-state index contributed by atoms with van der Waals surface area (Å²) in [5, 5.41) is 14.3. The highest BCUT2D eigenvalue weighted by Gasteiger charge is 2.21. The van der Waals surface area contributed by atoms with Crippen molar-refractivity contribution < 1.29 is 23.5 Å². The summed E-state index contributed by atoms with van der Waals surface area (Å²) in [5.41, 5.74) is 0.278. The van der Waals surface area contributed by atoms with Crippen LogP contribution in [0.5, 0.6) is 0 Å². The number of benzene rings is 1. The van der Waals surface area contributed by atoms with E-state index in [4.69, 9.17) is 9.52 Å². The molecule has 22 heavy (non-hydrogen) atoms. The molecule has 0 aliphatic heterocycles. The van der Waals surface area contributed by atoms with E-state index in [9.17, 15) is 14.0 Å². The summed E-state index contributed by atoms with van der Waals surface area (Å²) in [6.45, 7) is 0.192. The molecular weight excluding hydrogens is 291 g/mol. The van der Waals surface area contributed by atoms with Gasteiger partial charge in [-0.1, -0.05) is 6.07 Å². The van der Waals surface area contributed by atoms with Crippen LogP contribution in [0.3, 0.4) is 0 Å². The number of hydrogen-bond acceptors (Lipinski definition) is 4. The van der Waals surface area contributed by atoms with Gasteiger partial charge in [0.2, 0.25) is 5.91 Å². The van der Waals surface area contributed by atoms with Gasteiger partial charge in [-0.15, -0.1) is 0 Å². The number of carboxylic acids is 1. The standard InChI is InChI=1S/C15H15FN2O4/c16-10-3-1-4-11(7-10)18-14(19)8-13(15(20)21)17-9-12-5-2-6-22-12/h1-7,13,17H,8-9H2,(H,18,19)(H,20,21)/t13-/m0/s1. The first-order valence-electron chi connectivity index (χ1n) is 6.58. The molecule has 0 radical (unpaired) electrons. The molecule has 6 nitrogen and oxygen atoms in total. The number of carboxylic acid groups (broad SMARTS) is 1. The van der Waals surface area contributed by atoms with Gasteiger partial charge in [0.15, 0.2) is 0 Å². The number of hydrogen-bond donors (Lipinski definition) is 3. The molecule has 2 aromatic rings. The van der Waals surface area contributed by atoms with E-state index in [-0.39, 0.29) is 18.7 Å². The summed E-state index contributed by atoms with van der Waals surface area (Å²) >= 11 is 0. The molecule has 0 saturated heterocycles. The number of rotatable bonds is 7. The maximum Gasteiger partial charge on any atom is 0.321 e. The fraction of sp³-hybridized carbons (Fsp3) is 0.200. The minimum absolute atomic E-state index is 0.192. The molecule has 1 aromatic carbocycles. The van der Waals surface area contributed by atoms with E-state index >= 15 is 0 Å². The van der Waals surface area contributed by atoms with E-state index in [0.29, 0.717) is 5.76 Å². The first kappa shape index (κ1) is 15.7. The number of halogens is 1. The highest BCUT2D eigenvalue weighted by Crippen LogP contribution is 2.10. The third kappa shape index (κ3) is 4.71. The van der Waals surface area contributed by atoms with Gasteiger partial charge in [0.1, 0.15) is 17.6 Å². The maximum absolute atomic E-state index is 13.0. The minimum Gasteiger partial charge on any atom is -0.480 e. The van der Waals surface area contributed by atoms with E-state index in [0.717, 1.165) is 6.07 Å². The molecule has 1 atom stereocenters. The molecule has 2 rings (SSSR count). The zero-order valence-corrected chi connectivity index (χ0v) is 11.6. The van der Waals surface area contributed by atoms with Crippen molar-refractivity contribution in [1.29, 1.82) is 0 Å². The van der Waals surface area contributed by atoms with Gasteiger partial charge >= 0.3 is 5.97 Å². The van der Waals surface area contributed by atoms with Crippen LogP contribution in [0.4, 0.5) is 10.1 Å². The second kappa shape index (κ2) is 7.37. The molecule has 7 heteroatoms. The molecule has 1 amide bonds. The van der Waals surface area contributed by atoms with E-state index in [1.807, 2.05) is 0 Å². The van der Waals surface area contributed by atoms with Crippen molar-refractivity contribution in [2.75, 3.05) is 5.32 Å². The topological polar surface area (TPSA) is 91.6 Å². The predicted molar refractivity (Wildman–Crippen MR) is 76.6 cm³/mol. The van der Waals surface area contributed by atoms with Gasteiger partial charge in [-0.25, -0.2) is 4.39 Å². The fourth-order valence-electron chi connectivity index (χ4n) is 1.85. The van der Waals surface area contributed by atoms with Crippen molar-refractivity contribution in [3.05, 3.63) is 54.2 Å². The fourth-order valence-corrected chi connectivity index (χ4v) is 1.85. The lowest BCUT2D eigenvalue weighted by Gasteiger charge is -2.13. The van der Waals surface area contributed by atoms with Gasteiger partial charge < -0.3 is 14.8 Å². The minimum atomic E-state index is -1.15. The summed E-state index contributed by atoms with van der Waals surface area (Å²) in [7, 11) is 0. The van der Waals surface area contributed by atoms with Gasteiger partial charge in [0.05, 0.1) is 19.2 Å². The summed E-state index contributed by atoms with van der Waals surface area (Å²) in [6, 6.07) is 7.69. The van der Waals surface area contributed by atoms with Crippen LogP contribution in [0, 0.1) is 5.82 Å². The van der Waals surface area contributed by atoms with Crippen LogP contribution in [0.2, 0.25) is 0 Å². The van der Waals surface area contributed by atoms with E-state index in [1.165, 1.54) is 24.5 Å². The summed E-state index contributed by atoms with van der Waals surface area (Å²) in [5.74, 6) is -1.59. The van der Waals surface area contributed by atoms with Gasteiger partial charge in [0, 0.05) is 5.69 Å². The third-order valence-corrected chi connectivity index (χ3v) is 2.90. The van der Waals surface area contributed by atoms with Crippen molar-refractivity contribution >= 4 is 17.6 Å². The second-order valence-electron chi connectivity index (χ2n) is 4.61. The average Bonchev–Trinajstić information content (AvgIpc) is 2.96. The SMILES string of the molecule is O=C(C[C@H](NCc1ccco1)C(=O)O)Nc1cccc(F)c1. The molecule has 0 aliphatic carbocycles. The Morgan fingerprint density at radius 2 is 2.09 bits per heavy atom. The molecule has 116 valence electrons. The average molecular weight is 306 g/mol. The molecule has 1 aromatic heterocycles. The van der Waals surface area contributed by atoms with Crippen LogP contribution in [0.25, 0.3) is 0 Å². The van der Waals surface area contributed by atoms with Gasteiger partial charge in [-0.3, -0.25) is 14.9 Å². The Labute approximate surface area is 125 Å². The van der Waals surface area contributed by atoms with Crippen LogP contribution in [-0.4, -0.2) is 23.0 Å². The summed E-state index contributed by atoms with van der Waals surface area (Å²) in [4.78, 5) is 23.0. The van der Waals surface area contributed by atoms with Gasteiger partial charge in [-0.2, -0.15) is 0 Å². The van der Waals surface area contributed by atoms with Crippen LogP contribution in [0.15, 0.2) is 47.1 Å². The Balaban J connectivity index is 1.89. The van der Waals surface area contributed by atoms with Crippen LogP contribution in [0.1, 0.15) is 12.2 Å². The van der Waals surface area contributed by atoms with E-state index in [2.05, 4.69) is 10.6 Å². The number of anilines is 1. The molecule has 0 unspecified atom stereocenters. The van der Waals surface area contributed by atoms with Crippen LogP contribution < -0.4 is 10.6 Å². The Morgan fingerprint density at radius 1 is 1.27 bits per heavy atom. The van der Waals surface area contributed by atoms with Crippen molar-refractivity contribution in [1.82, 2.24) is 5.32 Å². The summed E-state index contributed by atoms with van der Waals surface area (Å²) < 4.78 is 18.1. The van der Waals surface area contributed by atoms with E-state index in [1.54, 1.807) is 12.1 Å². The lowest BCUT2D eigenvalue weighted by molar-refractivity contribution is -0.141. The molecule has 0 saturated carbocycles. The zero-order valence-electron chi connectivity index (χ0n) is 11.6. The monoisotopic (exact) mass is 306 g/mol. The summed E-state index contributed by atoms with van der Waals surface area (Å²) in [6.07, 6.45) is 1.19. The normalized spacial score (nSPS) is 11.9. The second-order valence-corrected chi connectivity index (χ2v) is 4.61. The first-order valence-corrected chi connectivity index (χ1v) is 6.58. The van der Waals surface area contributed by atoms with E-state index < -0.39 is 23.7 Å². The van der Waals surface area contributed by atoms with Gasteiger partial charge in [-0.05, 0) is 30.3 Å². The molecule has 3 N–H and O–H groups in total. The predicted octanol–water partition coefficient (Wildman–Crippen LogP) is 1.99. The molecule has 0 spiro atoms. The molecule has 0 fully saturated rings. The smallest absolute Gasteiger partial charge is 0.321 e. The van der Waals surface area contributed by atoms with Crippen molar-refractivity contribution in [3.8, 4) is 0 Å². The maximum atomic E-state index is 13.0. The molecule has 1 heterocycles. The van der Waals surface area contributed by atoms with Gasteiger partial charge in [0.25, 0.3) is 0 Å². The Hall–Kier alpha value is -2.67. The Kier molecular flexibility index (Phi) is 5.26. The quantitative estimate of drug-likeness (QED) is 0.727. The number of nitrogens with one attached hydrogen (secondary N) is 2. The lowest BCUT2D eigenvalue weighted by Crippen LogP contribution is -2.39. The van der Waals surface area contributed by atoms with Crippen LogP contribution >= 0.6 is 0 Å². The first-order chi connectivity index (χ1) is 10.5. The highest BCUT2D eigenvalue weighted by atomic mass is 19.1. The molecule has 0 bridgehead atoms.